The smallest absolute Gasteiger partial charge is 0.277 e. The molecule has 0 unspecified atom stereocenters. The van der Waals surface area contributed by atoms with E-state index in [-0.39, 0.29) is 16.8 Å². The number of hydrogen-bond donors (Lipinski definition) is 1. The van der Waals surface area contributed by atoms with Crippen molar-refractivity contribution in [2.75, 3.05) is 5.32 Å². The van der Waals surface area contributed by atoms with E-state index in [0.29, 0.717) is 6.29 Å². The molecule has 0 radical (unpaired) electrons. The lowest BCUT2D eigenvalue weighted by atomic mass is 10.1. The van der Waals surface area contributed by atoms with E-state index in [0.717, 1.165) is 18.2 Å². The van der Waals surface area contributed by atoms with Crippen molar-refractivity contribution in [1.29, 1.82) is 0 Å². The van der Waals surface area contributed by atoms with Gasteiger partial charge in [-0.25, -0.2) is 0 Å². The molecule has 9 nitrogen and oxygen atoms in total. The van der Waals surface area contributed by atoms with Gasteiger partial charge in [-0.3, -0.25) is 29.8 Å². The van der Waals surface area contributed by atoms with Crippen molar-refractivity contribution in [1.82, 2.24) is 0 Å². The summed E-state index contributed by atoms with van der Waals surface area (Å²) in [4.78, 5) is 43.0. The Morgan fingerprint density at radius 2 is 1.57 bits per heavy atom. The van der Waals surface area contributed by atoms with E-state index >= 15 is 0 Å². The van der Waals surface area contributed by atoms with E-state index < -0.39 is 27.1 Å². The number of nitro groups is 2. The summed E-state index contributed by atoms with van der Waals surface area (Å²) in [5.41, 5.74) is -1.00. The summed E-state index contributed by atoms with van der Waals surface area (Å²) in [6, 6.07) is 8.72. The molecule has 0 aliphatic carbocycles. The molecule has 0 fully saturated rings. The third-order valence-corrected chi connectivity index (χ3v) is 2.92. The summed E-state index contributed by atoms with van der Waals surface area (Å²) >= 11 is 0. The SMILES string of the molecule is O=Cc1ccccc1NC(=O)c1cc([N+](=O)[O-])cc([N+](=O)[O-])c1. The molecule has 23 heavy (non-hydrogen) atoms. The van der Waals surface area contributed by atoms with E-state index in [9.17, 15) is 29.8 Å². The van der Waals surface area contributed by atoms with Gasteiger partial charge in [0.1, 0.15) is 0 Å². The fourth-order valence-corrected chi connectivity index (χ4v) is 1.85. The fourth-order valence-electron chi connectivity index (χ4n) is 1.85. The van der Waals surface area contributed by atoms with Crippen LogP contribution in [0, 0.1) is 20.2 Å². The highest BCUT2D eigenvalue weighted by Gasteiger charge is 2.20. The molecule has 116 valence electrons. The number of amides is 1. The minimum Gasteiger partial charge on any atom is -0.321 e. The number of anilines is 1. The van der Waals surface area contributed by atoms with Crippen LogP contribution in [-0.2, 0) is 0 Å². The molecule has 0 saturated carbocycles. The molecule has 0 aromatic heterocycles. The lowest BCUT2D eigenvalue weighted by Crippen LogP contribution is -2.14. The van der Waals surface area contributed by atoms with Crippen molar-refractivity contribution in [2.45, 2.75) is 0 Å². The van der Waals surface area contributed by atoms with Crippen LogP contribution in [0.3, 0.4) is 0 Å². The van der Waals surface area contributed by atoms with Crippen LogP contribution in [0.5, 0.6) is 0 Å². The quantitative estimate of drug-likeness (QED) is 0.512. The van der Waals surface area contributed by atoms with Crippen LogP contribution >= 0.6 is 0 Å². The summed E-state index contributed by atoms with van der Waals surface area (Å²) in [5.74, 6) is -0.800. The van der Waals surface area contributed by atoms with E-state index in [1.165, 1.54) is 12.1 Å². The van der Waals surface area contributed by atoms with E-state index in [4.69, 9.17) is 0 Å². The summed E-state index contributed by atoms with van der Waals surface area (Å²) in [6.07, 6.45) is 0.533. The molecule has 1 amide bonds. The second-order valence-electron chi connectivity index (χ2n) is 4.41. The number of aldehydes is 1. The molecule has 0 saturated heterocycles. The van der Waals surface area contributed by atoms with Gasteiger partial charge in [0.05, 0.1) is 27.2 Å². The Morgan fingerprint density at radius 1 is 1.00 bits per heavy atom. The highest BCUT2D eigenvalue weighted by molar-refractivity contribution is 6.07. The molecule has 1 N–H and O–H groups in total. The fraction of sp³-hybridized carbons (Fsp3) is 0. The number of carbonyl (C=O) groups excluding carboxylic acids is 2. The van der Waals surface area contributed by atoms with E-state index in [2.05, 4.69) is 5.32 Å². The highest BCUT2D eigenvalue weighted by Crippen LogP contribution is 2.23. The first-order valence-electron chi connectivity index (χ1n) is 6.22. The van der Waals surface area contributed by atoms with Crippen LogP contribution in [0.25, 0.3) is 0 Å². The first kappa shape index (κ1) is 15.8. The van der Waals surface area contributed by atoms with Crippen LogP contribution in [-0.4, -0.2) is 22.0 Å². The zero-order valence-corrected chi connectivity index (χ0v) is 11.5. The predicted octanol–water partition coefficient (Wildman–Crippen LogP) is 2.57. The van der Waals surface area contributed by atoms with Crippen LogP contribution in [0.4, 0.5) is 17.1 Å². The average Bonchev–Trinajstić information content (AvgIpc) is 2.54. The van der Waals surface area contributed by atoms with Gasteiger partial charge in [0.15, 0.2) is 6.29 Å². The summed E-state index contributed by atoms with van der Waals surface area (Å²) in [6.45, 7) is 0. The number of benzene rings is 2. The molecular weight excluding hydrogens is 306 g/mol. The monoisotopic (exact) mass is 315 g/mol. The topological polar surface area (TPSA) is 132 Å². The maximum Gasteiger partial charge on any atom is 0.277 e. The second kappa shape index (κ2) is 6.43. The number of non-ortho nitro benzene ring substituents is 2. The van der Waals surface area contributed by atoms with Crippen molar-refractivity contribution in [2.24, 2.45) is 0 Å². The van der Waals surface area contributed by atoms with Crippen LogP contribution in [0.15, 0.2) is 42.5 Å². The number of hydrogen-bond acceptors (Lipinski definition) is 6. The van der Waals surface area contributed by atoms with Crippen molar-refractivity contribution in [3.8, 4) is 0 Å². The lowest BCUT2D eigenvalue weighted by molar-refractivity contribution is -0.394. The van der Waals surface area contributed by atoms with Gasteiger partial charge in [0, 0.05) is 17.7 Å². The number of carbonyl (C=O) groups is 2. The number of nitro benzene ring substituents is 2. The maximum absolute atomic E-state index is 12.2. The molecule has 0 atom stereocenters. The molecule has 0 aliphatic rings. The Bertz CT molecular complexity index is 786. The third kappa shape index (κ3) is 3.53. The highest BCUT2D eigenvalue weighted by atomic mass is 16.6. The number of para-hydroxylation sites is 1. The molecule has 0 heterocycles. The molecule has 0 spiro atoms. The van der Waals surface area contributed by atoms with Gasteiger partial charge in [0.25, 0.3) is 17.3 Å². The Balaban J connectivity index is 2.40. The Kier molecular flexibility index (Phi) is 4.41. The largest absolute Gasteiger partial charge is 0.321 e. The maximum atomic E-state index is 12.2. The van der Waals surface area contributed by atoms with Crippen LogP contribution < -0.4 is 5.32 Å². The first-order chi connectivity index (χ1) is 10.9. The van der Waals surface area contributed by atoms with Crippen LogP contribution in [0.2, 0.25) is 0 Å². The van der Waals surface area contributed by atoms with Crippen molar-refractivity contribution < 1.29 is 19.4 Å². The summed E-state index contributed by atoms with van der Waals surface area (Å²) in [7, 11) is 0. The minimum atomic E-state index is -0.830. The number of nitrogens with zero attached hydrogens (tertiary/aromatic N) is 2. The Hall–Kier alpha value is -3.62. The van der Waals surface area contributed by atoms with Crippen molar-refractivity contribution in [3.63, 3.8) is 0 Å². The van der Waals surface area contributed by atoms with E-state index in [1.807, 2.05) is 0 Å². The zero-order chi connectivity index (χ0) is 17.0. The van der Waals surface area contributed by atoms with Crippen molar-refractivity contribution >= 4 is 29.3 Å². The standard InChI is InChI=1S/C14H9N3O6/c18-8-9-3-1-2-4-13(9)15-14(19)10-5-11(16(20)21)7-12(6-10)17(22)23/h1-8H,(H,15,19). The molecule has 2 aromatic carbocycles. The molecule has 2 rings (SSSR count). The van der Waals surface area contributed by atoms with Crippen LogP contribution in [0.1, 0.15) is 20.7 Å². The van der Waals surface area contributed by atoms with Crippen molar-refractivity contribution in [3.05, 3.63) is 73.8 Å². The lowest BCUT2D eigenvalue weighted by Gasteiger charge is -2.07. The molecule has 2 aromatic rings. The average molecular weight is 315 g/mol. The predicted molar refractivity (Wildman–Crippen MR) is 79.5 cm³/mol. The normalized spacial score (nSPS) is 9.91. The molecule has 0 aliphatic heterocycles. The number of nitrogens with one attached hydrogen (secondary N) is 1. The summed E-state index contributed by atoms with van der Waals surface area (Å²) in [5, 5.41) is 24.0. The van der Waals surface area contributed by atoms with Gasteiger partial charge in [-0.05, 0) is 12.1 Å². The van der Waals surface area contributed by atoms with Gasteiger partial charge >= 0.3 is 0 Å². The molecular formula is C14H9N3O6. The minimum absolute atomic E-state index is 0.196. The van der Waals surface area contributed by atoms with E-state index in [1.54, 1.807) is 12.1 Å². The van der Waals surface area contributed by atoms with Gasteiger partial charge in [0.2, 0.25) is 0 Å². The number of rotatable bonds is 5. The summed E-state index contributed by atoms with van der Waals surface area (Å²) < 4.78 is 0. The Morgan fingerprint density at radius 3 is 2.09 bits per heavy atom. The zero-order valence-electron chi connectivity index (χ0n) is 11.5. The molecule has 0 bridgehead atoms. The van der Waals surface area contributed by atoms with Gasteiger partial charge in [-0.2, -0.15) is 0 Å². The molecule has 9 heteroatoms. The first-order valence-corrected chi connectivity index (χ1v) is 6.22. The van der Waals surface area contributed by atoms with Gasteiger partial charge in [-0.1, -0.05) is 12.1 Å². The van der Waals surface area contributed by atoms with Gasteiger partial charge in [-0.15, -0.1) is 0 Å². The second-order valence-corrected chi connectivity index (χ2v) is 4.41. The third-order valence-electron chi connectivity index (χ3n) is 2.92. The Labute approximate surface area is 128 Å². The van der Waals surface area contributed by atoms with Gasteiger partial charge < -0.3 is 5.32 Å².